The normalized spacial score (nSPS) is 11.1. The maximum absolute atomic E-state index is 13.6. The molecule has 2 aromatic carbocycles. The Hall–Kier alpha value is -3.97. The number of rotatable bonds is 6. The Morgan fingerprint density at radius 2 is 1.82 bits per heavy atom. The van der Waals surface area contributed by atoms with E-state index in [0.29, 0.717) is 17.4 Å². The quantitative estimate of drug-likeness (QED) is 0.326. The number of fused-ring (bicyclic) bond motifs is 1. The summed E-state index contributed by atoms with van der Waals surface area (Å²) in [4.78, 5) is 32.1. The molecule has 0 aliphatic heterocycles. The summed E-state index contributed by atoms with van der Waals surface area (Å²) in [7, 11) is 0. The first-order valence-corrected chi connectivity index (χ1v) is 11.8. The third-order valence-electron chi connectivity index (χ3n) is 5.57. The van der Waals surface area contributed by atoms with Gasteiger partial charge in [0.1, 0.15) is 5.76 Å². The fraction of sp³-hybridized carbons (Fsp3) is 0.148. The Balaban J connectivity index is 1.50. The van der Waals surface area contributed by atoms with E-state index in [-0.39, 0.29) is 23.8 Å². The van der Waals surface area contributed by atoms with Crippen molar-refractivity contribution in [2.24, 2.45) is 0 Å². The molecule has 0 saturated carbocycles. The van der Waals surface area contributed by atoms with Gasteiger partial charge in [-0.1, -0.05) is 53.8 Å². The number of furan rings is 1. The molecule has 6 nitrogen and oxygen atoms in total. The van der Waals surface area contributed by atoms with Gasteiger partial charge in [0, 0.05) is 12.3 Å². The average molecular weight is 470 g/mol. The van der Waals surface area contributed by atoms with Gasteiger partial charge in [-0.2, -0.15) is 0 Å². The van der Waals surface area contributed by atoms with Crippen LogP contribution in [0.2, 0.25) is 0 Å². The lowest BCUT2D eigenvalue weighted by molar-refractivity contribution is 0.0956. The highest BCUT2D eigenvalue weighted by Crippen LogP contribution is 2.33. The van der Waals surface area contributed by atoms with Gasteiger partial charge in [-0.3, -0.25) is 14.5 Å². The SMILES string of the molecule is Cc1cc(C)c2sc(N(Cc3ccccc3)C(=O)c3ccc(Cn4ccccc4=O)o3)nc2c1. The predicted molar refractivity (Wildman–Crippen MR) is 135 cm³/mol. The summed E-state index contributed by atoms with van der Waals surface area (Å²) < 4.78 is 8.49. The van der Waals surface area contributed by atoms with Crippen molar-refractivity contribution in [3.05, 3.63) is 118 Å². The molecule has 0 N–H and O–H groups in total. The summed E-state index contributed by atoms with van der Waals surface area (Å²) in [6, 6.07) is 22.3. The number of thiazole rings is 1. The van der Waals surface area contributed by atoms with Gasteiger partial charge in [0.25, 0.3) is 11.5 Å². The van der Waals surface area contributed by atoms with Crippen LogP contribution in [-0.2, 0) is 13.1 Å². The van der Waals surface area contributed by atoms with Crippen molar-refractivity contribution < 1.29 is 9.21 Å². The lowest BCUT2D eigenvalue weighted by Gasteiger charge is -2.18. The van der Waals surface area contributed by atoms with Gasteiger partial charge in [-0.15, -0.1) is 0 Å². The Morgan fingerprint density at radius 3 is 2.62 bits per heavy atom. The van der Waals surface area contributed by atoms with Crippen LogP contribution in [0.1, 0.15) is 33.0 Å². The molecule has 3 aromatic heterocycles. The number of carbonyl (C=O) groups excluding carboxylic acids is 1. The summed E-state index contributed by atoms with van der Waals surface area (Å²) in [5.74, 6) is 0.470. The van der Waals surface area contributed by atoms with Crippen molar-refractivity contribution in [2.45, 2.75) is 26.9 Å². The van der Waals surface area contributed by atoms with Crippen LogP contribution in [0.5, 0.6) is 0 Å². The molecule has 0 saturated heterocycles. The van der Waals surface area contributed by atoms with E-state index in [0.717, 1.165) is 26.9 Å². The zero-order valence-electron chi connectivity index (χ0n) is 18.9. The average Bonchev–Trinajstić information content (AvgIpc) is 3.47. The number of carbonyl (C=O) groups is 1. The molecule has 0 spiro atoms. The zero-order chi connectivity index (χ0) is 23.7. The summed E-state index contributed by atoms with van der Waals surface area (Å²) in [6.45, 7) is 4.72. The molecule has 0 atom stereocenters. The largest absolute Gasteiger partial charge is 0.454 e. The Kier molecular flexibility index (Phi) is 5.86. The number of nitrogens with zero attached hydrogens (tertiary/aromatic N) is 3. The molecule has 3 heterocycles. The van der Waals surface area contributed by atoms with Crippen molar-refractivity contribution in [2.75, 3.05) is 4.90 Å². The molecule has 170 valence electrons. The number of pyridine rings is 1. The van der Waals surface area contributed by atoms with Crippen molar-refractivity contribution in [1.82, 2.24) is 9.55 Å². The van der Waals surface area contributed by atoms with E-state index in [1.807, 2.05) is 43.3 Å². The summed E-state index contributed by atoms with van der Waals surface area (Å²) in [5.41, 5.74) is 4.02. The number of hydrogen-bond acceptors (Lipinski definition) is 5. The molecule has 0 aliphatic carbocycles. The summed E-state index contributed by atoms with van der Waals surface area (Å²) in [6.07, 6.45) is 1.69. The standard InChI is InChI=1S/C27H23N3O3S/c1-18-14-19(2)25-22(15-18)28-27(34-25)30(16-20-8-4-3-5-9-20)26(32)23-12-11-21(33-23)17-29-13-7-6-10-24(29)31/h3-15H,16-17H2,1-2H3. The van der Waals surface area contributed by atoms with Gasteiger partial charge in [-0.05, 0) is 54.8 Å². The van der Waals surface area contributed by atoms with E-state index in [1.54, 1.807) is 35.4 Å². The van der Waals surface area contributed by atoms with E-state index in [4.69, 9.17) is 9.40 Å². The molecular formula is C27H23N3O3S. The van der Waals surface area contributed by atoms with Gasteiger partial charge in [0.05, 0.1) is 23.3 Å². The van der Waals surface area contributed by atoms with Gasteiger partial charge < -0.3 is 8.98 Å². The number of aryl methyl sites for hydroxylation is 2. The van der Waals surface area contributed by atoms with Crippen LogP contribution in [0, 0.1) is 13.8 Å². The number of aromatic nitrogens is 2. The molecule has 7 heteroatoms. The molecule has 0 radical (unpaired) electrons. The highest BCUT2D eigenvalue weighted by molar-refractivity contribution is 7.22. The molecule has 0 fully saturated rings. The van der Waals surface area contributed by atoms with Gasteiger partial charge in [0.2, 0.25) is 0 Å². The van der Waals surface area contributed by atoms with Gasteiger partial charge in [-0.25, -0.2) is 4.98 Å². The highest BCUT2D eigenvalue weighted by Gasteiger charge is 2.25. The molecule has 0 aliphatic rings. The van der Waals surface area contributed by atoms with Crippen LogP contribution in [0.4, 0.5) is 5.13 Å². The highest BCUT2D eigenvalue weighted by atomic mass is 32.1. The third kappa shape index (κ3) is 4.43. The zero-order valence-corrected chi connectivity index (χ0v) is 19.7. The molecule has 0 bridgehead atoms. The molecule has 1 amide bonds. The second-order valence-corrected chi connectivity index (χ2v) is 9.21. The summed E-state index contributed by atoms with van der Waals surface area (Å²) >= 11 is 1.50. The van der Waals surface area contributed by atoms with E-state index < -0.39 is 0 Å². The minimum absolute atomic E-state index is 0.127. The predicted octanol–water partition coefficient (Wildman–Crippen LogP) is 5.56. The Morgan fingerprint density at radius 1 is 1.03 bits per heavy atom. The van der Waals surface area contributed by atoms with Crippen LogP contribution in [0.25, 0.3) is 10.2 Å². The van der Waals surface area contributed by atoms with Crippen LogP contribution in [0.15, 0.2) is 88.2 Å². The fourth-order valence-corrected chi connectivity index (χ4v) is 4.96. The Bertz CT molecular complexity index is 1530. The second kappa shape index (κ2) is 9.11. The van der Waals surface area contributed by atoms with Crippen LogP contribution in [-0.4, -0.2) is 15.5 Å². The third-order valence-corrected chi connectivity index (χ3v) is 6.80. The monoisotopic (exact) mass is 469 g/mol. The van der Waals surface area contributed by atoms with Gasteiger partial charge in [0.15, 0.2) is 10.9 Å². The van der Waals surface area contributed by atoms with Crippen molar-refractivity contribution in [3.8, 4) is 0 Å². The van der Waals surface area contributed by atoms with Crippen molar-refractivity contribution >= 4 is 32.6 Å². The lowest BCUT2D eigenvalue weighted by atomic mass is 10.1. The molecule has 0 unspecified atom stereocenters. The van der Waals surface area contributed by atoms with E-state index in [2.05, 4.69) is 13.0 Å². The van der Waals surface area contributed by atoms with Crippen molar-refractivity contribution in [3.63, 3.8) is 0 Å². The number of hydrogen-bond donors (Lipinski definition) is 0. The summed E-state index contributed by atoms with van der Waals surface area (Å²) in [5, 5.41) is 0.620. The number of anilines is 1. The second-order valence-electron chi connectivity index (χ2n) is 8.24. The van der Waals surface area contributed by atoms with E-state index in [9.17, 15) is 9.59 Å². The van der Waals surface area contributed by atoms with Crippen LogP contribution >= 0.6 is 11.3 Å². The first kappa shape index (κ1) is 21.9. The first-order valence-electron chi connectivity index (χ1n) is 11.0. The Labute approximate surface area is 200 Å². The van der Waals surface area contributed by atoms with Gasteiger partial charge >= 0.3 is 0 Å². The number of amides is 1. The maximum atomic E-state index is 13.6. The number of benzene rings is 2. The minimum atomic E-state index is -0.274. The van der Waals surface area contributed by atoms with Crippen molar-refractivity contribution in [1.29, 1.82) is 0 Å². The van der Waals surface area contributed by atoms with Crippen LogP contribution < -0.4 is 10.5 Å². The maximum Gasteiger partial charge on any atom is 0.296 e. The molecule has 34 heavy (non-hydrogen) atoms. The topological polar surface area (TPSA) is 68.3 Å². The van der Waals surface area contributed by atoms with E-state index >= 15 is 0 Å². The molecule has 5 aromatic rings. The fourth-order valence-electron chi connectivity index (χ4n) is 3.94. The van der Waals surface area contributed by atoms with E-state index in [1.165, 1.54) is 22.0 Å². The smallest absolute Gasteiger partial charge is 0.296 e. The molecular weight excluding hydrogens is 446 g/mol. The molecule has 5 rings (SSSR count). The minimum Gasteiger partial charge on any atom is -0.454 e. The van der Waals surface area contributed by atoms with Crippen LogP contribution in [0.3, 0.4) is 0 Å². The lowest BCUT2D eigenvalue weighted by Crippen LogP contribution is -2.30. The first-order chi connectivity index (χ1) is 16.5.